The molecule has 0 aliphatic rings. The number of methoxy groups -OCH3 is 2. The number of ether oxygens (including phenoxy) is 2. The lowest BCUT2D eigenvalue weighted by atomic mass is 10.1. The van der Waals surface area contributed by atoms with Crippen molar-refractivity contribution >= 4 is 28.6 Å². The summed E-state index contributed by atoms with van der Waals surface area (Å²) in [6.07, 6.45) is 1.67. The van der Waals surface area contributed by atoms with E-state index in [1.807, 2.05) is 24.3 Å². The number of aromatic nitrogens is 1. The molecule has 0 saturated heterocycles. The molecule has 2 rings (SSSR count). The smallest absolute Gasteiger partial charge is 0.213 e. The average Bonchev–Trinajstić information content (AvgIpc) is 2.47. The van der Waals surface area contributed by atoms with Crippen LogP contribution in [0, 0.1) is 0 Å². The van der Waals surface area contributed by atoms with Gasteiger partial charge in [0.1, 0.15) is 10.7 Å². The second-order valence-electron chi connectivity index (χ2n) is 3.99. The molecular formula is C14H15N3O2S. The van der Waals surface area contributed by atoms with Gasteiger partial charge < -0.3 is 20.5 Å². The first-order valence-electron chi connectivity index (χ1n) is 5.89. The third-order valence-electron chi connectivity index (χ3n) is 2.72. The molecule has 1 aromatic heterocycles. The quantitative estimate of drug-likeness (QED) is 0.824. The number of pyridine rings is 1. The van der Waals surface area contributed by atoms with E-state index in [0.717, 1.165) is 16.9 Å². The van der Waals surface area contributed by atoms with Crippen LogP contribution in [-0.4, -0.2) is 24.2 Å². The highest BCUT2D eigenvalue weighted by Crippen LogP contribution is 2.26. The van der Waals surface area contributed by atoms with Gasteiger partial charge in [-0.3, -0.25) is 0 Å². The van der Waals surface area contributed by atoms with E-state index in [2.05, 4.69) is 10.3 Å². The van der Waals surface area contributed by atoms with Gasteiger partial charge in [-0.1, -0.05) is 12.2 Å². The van der Waals surface area contributed by atoms with Gasteiger partial charge in [-0.25, -0.2) is 4.98 Å². The number of hydrogen-bond donors (Lipinski definition) is 2. The molecule has 6 heteroatoms. The molecule has 0 amide bonds. The molecular weight excluding hydrogens is 274 g/mol. The Balaban J connectivity index is 2.32. The van der Waals surface area contributed by atoms with Gasteiger partial charge in [0.05, 0.1) is 31.8 Å². The Hall–Kier alpha value is -2.34. The number of hydrogen-bond acceptors (Lipinski definition) is 5. The Kier molecular flexibility index (Phi) is 4.37. The molecule has 104 valence electrons. The zero-order valence-corrected chi connectivity index (χ0v) is 12.0. The van der Waals surface area contributed by atoms with Gasteiger partial charge >= 0.3 is 0 Å². The molecule has 0 aliphatic carbocycles. The van der Waals surface area contributed by atoms with E-state index in [0.29, 0.717) is 16.6 Å². The molecule has 0 atom stereocenters. The van der Waals surface area contributed by atoms with E-state index in [-0.39, 0.29) is 0 Å². The fourth-order valence-corrected chi connectivity index (χ4v) is 1.88. The van der Waals surface area contributed by atoms with Crippen LogP contribution in [0.4, 0.5) is 11.4 Å². The lowest BCUT2D eigenvalue weighted by Crippen LogP contribution is -2.12. The molecule has 0 unspecified atom stereocenters. The van der Waals surface area contributed by atoms with E-state index in [1.54, 1.807) is 26.5 Å². The Morgan fingerprint density at radius 1 is 1.20 bits per heavy atom. The van der Waals surface area contributed by atoms with Crippen molar-refractivity contribution < 1.29 is 9.47 Å². The molecule has 0 radical (unpaired) electrons. The molecule has 20 heavy (non-hydrogen) atoms. The number of nitrogens with two attached hydrogens (primary N) is 1. The van der Waals surface area contributed by atoms with E-state index < -0.39 is 0 Å². The number of benzene rings is 1. The predicted molar refractivity (Wildman–Crippen MR) is 83.0 cm³/mol. The van der Waals surface area contributed by atoms with Crippen LogP contribution in [0.3, 0.4) is 0 Å². The Morgan fingerprint density at radius 3 is 2.55 bits per heavy atom. The fraction of sp³-hybridized carbons (Fsp3) is 0.143. The lowest BCUT2D eigenvalue weighted by molar-refractivity contribution is 0.398. The van der Waals surface area contributed by atoms with Crippen molar-refractivity contribution in [2.24, 2.45) is 5.73 Å². The molecule has 0 aliphatic heterocycles. The van der Waals surface area contributed by atoms with Crippen molar-refractivity contribution in [3.8, 4) is 11.6 Å². The molecule has 2 aromatic rings. The largest absolute Gasteiger partial charge is 0.497 e. The monoisotopic (exact) mass is 289 g/mol. The maximum Gasteiger partial charge on any atom is 0.213 e. The topological polar surface area (TPSA) is 69.4 Å². The van der Waals surface area contributed by atoms with E-state index in [9.17, 15) is 0 Å². The summed E-state index contributed by atoms with van der Waals surface area (Å²) in [5.74, 6) is 1.27. The van der Waals surface area contributed by atoms with Crippen molar-refractivity contribution in [3.63, 3.8) is 0 Å². The van der Waals surface area contributed by atoms with Crippen LogP contribution in [0.25, 0.3) is 0 Å². The summed E-state index contributed by atoms with van der Waals surface area (Å²) in [5.41, 5.74) is 8.04. The molecule has 1 aromatic carbocycles. The zero-order valence-electron chi connectivity index (χ0n) is 11.2. The predicted octanol–water partition coefficient (Wildman–Crippen LogP) is 2.48. The van der Waals surface area contributed by atoms with Crippen molar-refractivity contribution in [1.29, 1.82) is 0 Å². The highest BCUT2D eigenvalue weighted by atomic mass is 32.1. The number of nitrogens with zero attached hydrogens (tertiary/aromatic N) is 1. The molecule has 5 nitrogen and oxygen atoms in total. The third-order valence-corrected chi connectivity index (χ3v) is 2.94. The van der Waals surface area contributed by atoms with Crippen LogP contribution in [0.1, 0.15) is 5.56 Å². The van der Waals surface area contributed by atoms with Gasteiger partial charge in [0.25, 0.3) is 0 Å². The molecule has 0 saturated carbocycles. The zero-order chi connectivity index (χ0) is 14.5. The maximum atomic E-state index is 5.72. The van der Waals surface area contributed by atoms with Crippen molar-refractivity contribution in [1.82, 2.24) is 4.98 Å². The Morgan fingerprint density at radius 2 is 2.00 bits per heavy atom. The summed E-state index contributed by atoms with van der Waals surface area (Å²) in [6, 6.07) is 9.09. The van der Waals surface area contributed by atoms with Gasteiger partial charge in [-0.15, -0.1) is 0 Å². The van der Waals surface area contributed by atoms with Gasteiger partial charge in [-0.2, -0.15) is 0 Å². The number of thiocarbonyl (C=S) groups is 1. The van der Waals surface area contributed by atoms with Crippen molar-refractivity contribution in [2.75, 3.05) is 19.5 Å². The maximum absolute atomic E-state index is 5.72. The Bertz CT molecular complexity index is 614. The van der Waals surface area contributed by atoms with Gasteiger partial charge in [-0.05, 0) is 18.2 Å². The highest BCUT2D eigenvalue weighted by Gasteiger charge is 2.07. The molecule has 1 heterocycles. The normalized spacial score (nSPS) is 9.90. The van der Waals surface area contributed by atoms with Crippen LogP contribution in [-0.2, 0) is 0 Å². The van der Waals surface area contributed by atoms with Crippen LogP contribution >= 0.6 is 12.2 Å². The summed E-state index contributed by atoms with van der Waals surface area (Å²) < 4.78 is 10.2. The fourth-order valence-electron chi connectivity index (χ4n) is 1.70. The SMILES string of the molecule is COc1ccc(C(N)=S)c(Nc2ccc(OC)nc2)c1. The first-order valence-corrected chi connectivity index (χ1v) is 6.29. The second kappa shape index (κ2) is 6.21. The van der Waals surface area contributed by atoms with Crippen molar-refractivity contribution in [2.45, 2.75) is 0 Å². The van der Waals surface area contributed by atoms with E-state index in [4.69, 9.17) is 27.4 Å². The van der Waals surface area contributed by atoms with Crippen LogP contribution in [0.2, 0.25) is 0 Å². The molecule has 0 spiro atoms. The highest BCUT2D eigenvalue weighted by molar-refractivity contribution is 7.80. The molecule has 0 bridgehead atoms. The summed E-state index contributed by atoms with van der Waals surface area (Å²) >= 11 is 5.05. The summed E-state index contributed by atoms with van der Waals surface area (Å²) in [7, 11) is 3.18. The minimum atomic E-state index is 0.316. The van der Waals surface area contributed by atoms with Crippen LogP contribution < -0.4 is 20.5 Å². The first-order chi connectivity index (χ1) is 9.63. The number of rotatable bonds is 5. The summed E-state index contributed by atoms with van der Waals surface area (Å²) in [6.45, 7) is 0. The molecule has 3 N–H and O–H groups in total. The third kappa shape index (κ3) is 3.16. The number of anilines is 2. The molecule has 0 fully saturated rings. The Labute approximate surface area is 122 Å². The minimum Gasteiger partial charge on any atom is -0.497 e. The first kappa shape index (κ1) is 14.1. The summed E-state index contributed by atoms with van der Waals surface area (Å²) in [5, 5.41) is 3.21. The van der Waals surface area contributed by atoms with Crippen molar-refractivity contribution in [3.05, 3.63) is 42.1 Å². The average molecular weight is 289 g/mol. The number of nitrogens with one attached hydrogen (secondary N) is 1. The van der Waals surface area contributed by atoms with Crippen LogP contribution in [0.5, 0.6) is 11.6 Å². The van der Waals surface area contributed by atoms with E-state index in [1.165, 1.54) is 0 Å². The van der Waals surface area contributed by atoms with Gasteiger partial charge in [0, 0.05) is 17.7 Å². The van der Waals surface area contributed by atoms with Crippen LogP contribution in [0.15, 0.2) is 36.5 Å². The van der Waals surface area contributed by atoms with Gasteiger partial charge in [0.15, 0.2) is 0 Å². The summed E-state index contributed by atoms with van der Waals surface area (Å²) in [4.78, 5) is 4.45. The standard InChI is InChI=1S/C14H15N3O2S/c1-18-10-4-5-11(14(15)20)12(7-10)17-9-3-6-13(19-2)16-8-9/h3-8,17H,1-2H3,(H2,15,20). The minimum absolute atomic E-state index is 0.316. The second-order valence-corrected chi connectivity index (χ2v) is 4.43. The van der Waals surface area contributed by atoms with E-state index >= 15 is 0 Å². The lowest BCUT2D eigenvalue weighted by Gasteiger charge is -2.13. The van der Waals surface area contributed by atoms with Gasteiger partial charge in [0.2, 0.25) is 5.88 Å².